The summed E-state index contributed by atoms with van der Waals surface area (Å²) < 4.78 is 0. The number of thiazole rings is 1. The quantitative estimate of drug-likeness (QED) is 0.521. The van der Waals surface area contributed by atoms with Crippen molar-refractivity contribution in [2.45, 2.75) is 10.9 Å². The van der Waals surface area contributed by atoms with Crippen LogP contribution in [-0.2, 0) is 5.75 Å². The largest absolute Gasteiger partial charge is 0.258 e. The number of H-pyrrole nitrogens is 1. The molecule has 4 nitrogen and oxygen atoms in total. The van der Waals surface area contributed by atoms with E-state index in [0.717, 1.165) is 38.6 Å². The van der Waals surface area contributed by atoms with Crippen LogP contribution in [0.4, 0.5) is 0 Å². The molecule has 0 atom stereocenters. The third-order valence-corrected chi connectivity index (χ3v) is 5.25. The van der Waals surface area contributed by atoms with Crippen molar-refractivity contribution >= 4 is 23.1 Å². The molecule has 0 saturated carbocycles. The third kappa shape index (κ3) is 3.39. The molecular weight excluding hydrogens is 336 g/mol. The van der Waals surface area contributed by atoms with E-state index in [1.807, 2.05) is 48.5 Å². The molecule has 0 unspecified atom stereocenters. The van der Waals surface area contributed by atoms with Gasteiger partial charge in [0.05, 0.1) is 5.69 Å². The highest BCUT2D eigenvalue weighted by Gasteiger charge is 2.08. The zero-order valence-electron chi connectivity index (χ0n) is 12.7. The lowest BCUT2D eigenvalue weighted by molar-refractivity contribution is 0.972. The Bertz CT molecular complexity index is 839. The van der Waals surface area contributed by atoms with E-state index >= 15 is 0 Å². The summed E-state index contributed by atoms with van der Waals surface area (Å²) in [4.78, 5) is 9.22. The minimum absolute atomic E-state index is 0.739. The number of nitrogens with one attached hydrogen (secondary N) is 1. The monoisotopic (exact) mass is 350 g/mol. The summed E-state index contributed by atoms with van der Waals surface area (Å²) in [5, 5.41) is 11.1. The van der Waals surface area contributed by atoms with Gasteiger partial charge in [0.25, 0.3) is 0 Å². The van der Waals surface area contributed by atoms with Crippen molar-refractivity contribution < 1.29 is 0 Å². The van der Waals surface area contributed by atoms with Gasteiger partial charge in [-0.25, -0.2) is 9.97 Å². The molecule has 0 fully saturated rings. The number of aromatic nitrogens is 4. The Hall–Kier alpha value is -2.44. The van der Waals surface area contributed by atoms with Crippen LogP contribution >= 0.6 is 23.1 Å². The number of aromatic amines is 1. The average molecular weight is 350 g/mol. The summed E-state index contributed by atoms with van der Waals surface area (Å²) in [6, 6.07) is 20.2. The van der Waals surface area contributed by atoms with Gasteiger partial charge in [-0.15, -0.1) is 16.4 Å². The minimum atomic E-state index is 0.739. The van der Waals surface area contributed by atoms with Gasteiger partial charge in [-0.2, -0.15) is 0 Å². The number of rotatable bonds is 5. The summed E-state index contributed by atoms with van der Waals surface area (Å²) in [6.45, 7) is 0. The third-order valence-electron chi connectivity index (χ3n) is 3.43. The smallest absolute Gasteiger partial charge is 0.209 e. The zero-order valence-corrected chi connectivity index (χ0v) is 14.3. The Kier molecular flexibility index (Phi) is 4.40. The van der Waals surface area contributed by atoms with Crippen molar-refractivity contribution in [3.63, 3.8) is 0 Å². The summed E-state index contributed by atoms with van der Waals surface area (Å²) in [6.07, 6.45) is 0. The molecule has 4 rings (SSSR count). The molecule has 0 saturated heterocycles. The normalized spacial score (nSPS) is 10.8. The molecule has 118 valence electrons. The summed E-state index contributed by atoms with van der Waals surface area (Å²) in [7, 11) is 0. The molecule has 0 aliphatic carbocycles. The maximum atomic E-state index is 4.69. The second kappa shape index (κ2) is 6.98. The van der Waals surface area contributed by atoms with Gasteiger partial charge in [0, 0.05) is 22.3 Å². The highest BCUT2D eigenvalue weighted by Crippen LogP contribution is 2.27. The molecule has 1 N–H and O–H groups in total. The van der Waals surface area contributed by atoms with Crippen LogP contribution in [0.25, 0.3) is 22.0 Å². The van der Waals surface area contributed by atoms with E-state index in [1.54, 1.807) is 23.1 Å². The molecule has 0 radical (unpaired) electrons. The number of hydrogen-bond donors (Lipinski definition) is 1. The number of thioether (sulfide) groups is 1. The first-order valence-corrected chi connectivity index (χ1v) is 9.35. The molecule has 2 aromatic carbocycles. The standard InChI is InChI=1S/C18H14N4S2/c1-3-7-13(8-4-1)16-20-18(22-21-16)24-12-15-11-23-17(19-15)14-9-5-2-6-10-14/h1-11H,12H2,(H,20,21,22). The lowest BCUT2D eigenvalue weighted by Gasteiger charge is -1.95. The van der Waals surface area contributed by atoms with Crippen LogP contribution in [0.5, 0.6) is 0 Å². The van der Waals surface area contributed by atoms with Crippen LogP contribution in [0.3, 0.4) is 0 Å². The highest BCUT2D eigenvalue weighted by atomic mass is 32.2. The molecule has 24 heavy (non-hydrogen) atoms. The molecule has 6 heteroatoms. The van der Waals surface area contributed by atoms with Gasteiger partial charge < -0.3 is 0 Å². The van der Waals surface area contributed by atoms with Crippen LogP contribution in [-0.4, -0.2) is 20.2 Å². The number of nitrogens with zero attached hydrogens (tertiary/aromatic N) is 3. The maximum absolute atomic E-state index is 4.69. The molecule has 0 bridgehead atoms. The van der Waals surface area contributed by atoms with Crippen LogP contribution in [0.1, 0.15) is 5.69 Å². The predicted molar refractivity (Wildman–Crippen MR) is 98.9 cm³/mol. The van der Waals surface area contributed by atoms with Crippen molar-refractivity contribution in [2.75, 3.05) is 0 Å². The van der Waals surface area contributed by atoms with Gasteiger partial charge in [0.15, 0.2) is 5.82 Å². The van der Waals surface area contributed by atoms with E-state index in [4.69, 9.17) is 4.98 Å². The summed E-state index contributed by atoms with van der Waals surface area (Å²) in [5.41, 5.74) is 3.25. The Labute approximate surface area is 148 Å². The fourth-order valence-corrected chi connectivity index (χ4v) is 3.88. The van der Waals surface area contributed by atoms with Gasteiger partial charge in [-0.3, -0.25) is 5.10 Å². The van der Waals surface area contributed by atoms with E-state index in [-0.39, 0.29) is 0 Å². The van der Waals surface area contributed by atoms with E-state index in [1.165, 1.54) is 0 Å². The molecule has 0 spiro atoms. The van der Waals surface area contributed by atoms with Crippen molar-refractivity contribution in [1.29, 1.82) is 0 Å². The number of hydrogen-bond acceptors (Lipinski definition) is 5. The summed E-state index contributed by atoms with van der Waals surface area (Å²) in [5.74, 6) is 1.55. The fourth-order valence-electron chi connectivity index (χ4n) is 2.26. The SMILES string of the molecule is c1ccc(-c2nc(SCc3csc(-c4ccccc4)n3)n[nH]2)cc1. The first-order chi connectivity index (χ1) is 11.9. The van der Waals surface area contributed by atoms with E-state index in [2.05, 4.69) is 32.7 Å². The zero-order chi connectivity index (χ0) is 16.2. The molecule has 0 aliphatic rings. The van der Waals surface area contributed by atoms with Crippen molar-refractivity contribution in [1.82, 2.24) is 20.2 Å². The molecule has 2 heterocycles. The Morgan fingerprint density at radius 3 is 2.33 bits per heavy atom. The maximum Gasteiger partial charge on any atom is 0.209 e. The van der Waals surface area contributed by atoms with Gasteiger partial charge in [0.2, 0.25) is 5.16 Å². The molecular formula is C18H14N4S2. The topological polar surface area (TPSA) is 54.5 Å². The minimum Gasteiger partial charge on any atom is -0.258 e. The molecule has 4 aromatic rings. The first kappa shape index (κ1) is 15.1. The first-order valence-electron chi connectivity index (χ1n) is 7.49. The van der Waals surface area contributed by atoms with Crippen LogP contribution in [0.2, 0.25) is 0 Å². The fraction of sp³-hybridized carbons (Fsp3) is 0.0556. The Morgan fingerprint density at radius 2 is 1.58 bits per heavy atom. The molecule has 2 aromatic heterocycles. The van der Waals surface area contributed by atoms with E-state index in [0.29, 0.717) is 0 Å². The van der Waals surface area contributed by atoms with E-state index < -0.39 is 0 Å². The van der Waals surface area contributed by atoms with Crippen molar-refractivity contribution in [3.05, 3.63) is 71.7 Å². The predicted octanol–water partition coefficient (Wildman–Crippen LogP) is 4.89. The second-order valence-electron chi connectivity index (χ2n) is 5.13. The van der Waals surface area contributed by atoms with Crippen LogP contribution < -0.4 is 0 Å². The molecule has 0 aliphatic heterocycles. The van der Waals surface area contributed by atoms with Crippen LogP contribution in [0.15, 0.2) is 71.2 Å². The Balaban J connectivity index is 1.43. The van der Waals surface area contributed by atoms with Crippen molar-refractivity contribution in [2.24, 2.45) is 0 Å². The number of benzene rings is 2. The Morgan fingerprint density at radius 1 is 0.875 bits per heavy atom. The molecule has 0 amide bonds. The van der Waals surface area contributed by atoms with E-state index in [9.17, 15) is 0 Å². The van der Waals surface area contributed by atoms with Gasteiger partial charge in [0.1, 0.15) is 5.01 Å². The van der Waals surface area contributed by atoms with Gasteiger partial charge in [-0.1, -0.05) is 72.4 Å². The second-order valence-corrected chi connectivity index (χ2v) is 6.93. The van der Waals surface area contributed by atoms with Gasteiger partial charge >= 0.3 is 0 Å². The lowest BCUT2D eigenvalue weighted by atomic mass is 10.2. The average Bonchev–Trinajstić information content (AvgIpc) is 3.31. The van der Waals surface area contributed by atoms with Crippen molar-refractivity contribution in [3.8, 4) is 22.0 Å². The highest BCUT2D eigenvalue weighted by molar-refractivity contribution is 7.98. The van der Waals surface area contributed by atoms with Crippen LogP contribution in [0, 0.1) is 0 Å². The lowest BCUT2D eigenvalue weighted by Crippen LogP contribution is -1.83. The summed E-state index contributed by atoms with van der Waals surface area (Å²) >= 11 is 3.26. The van der Waals surface area contributed by atoms with Gasteiger partial charge in [-0.05, 0) is 0 Å².